The van der Waals surface area contributed by atoms with Crippen LogP contribution >= 0.6 is 0 Å². The summed E-state index contributed by atoms with van der Waals surface area (Å²) in [4.78, 5) is 101. The van der Waals surface area contributed by atoms with Gasteiger partial charge in [0.1, 0.15) is 17.7 Å². The maximum absolute atomic E-state index is 15.8. The summed E-state index contributed by atoms with van der Waals surface area (Å²) >= 11 is 0. The summed E-state index contributed by atoms with van der Waals surface area (Å²) in [6, 6.07) is 23.8. The molecule has 12 atom stereocenters. The van der Waals surface area contributed by atoms with Crippen molar-refractivity contribution in [3.63, 3.8) is 0 Å². The van der Waals surface area contributed by atoms with Crippen LogP contribution in [0.2, 0.25) is 0 Å². The average molecular weight is 1120 g/mol. The second-order valence-electron chi connectivity index (χ2n) is 23.3. The number of hydrogen-bond acceptors (Lipinski definition) is 14. The van der Waals surface area contributed by atoms with Crippen molar-refractivity contribution in [2.75, 3.05) is 6.61 Å². The molecule has 4 fully saturated rings. The number of Topliss-reactive ketones (excluding diaryl/α,β-unsaturated/α-hetero) is 2. The number of nitrogens with one attached hydrogen (secondary N) is 1. The minimum absolute atomic E-state index is 0.105. The molecule has 0 bridgehead atoms. The Morgan fingerprint density at radius 1 is 0.756 bits per heavy atom. The summed E-state index contributed by atoms with van der Waals surface area (Å²) in [6.45, 7) is 13.1. The first-order chi connectivity index (χ1) is 39.1. The first-order valence-corrected chi connectivity index (χ1v) is 28.7. The zero-order valence-corrected chi connectivity index (χ0v) is 48.4. The van der Waals surface area contributed by atoms with E-state index in [0.29, 0.717) is 5.56 Å². The van der Waals surface area contributed by atoms with Crippen LogP contribution in [-0.2, 0) is 47.7 Å². The SMILES string of the molecule is C/C=C/CC/C(C)=C/CC/C(C)=C/CC/C=C/CCC(=O)OC(C(=O)OC12C[C@@]3(O)C(CC(=O)c4ccccc4)[C@@H]4[C@]5(OC(C)=O)CO[C@@H]5C[C@H](O)[C@@]4(C)C(=O)[C@H](OC(C)=O)C(=C1C)[C@@]23C)[C@@H](NC(=O)c1ccccc1)c1ccccc1. The zero-order chi connectivity index (χ0) is 59.2. The third-order valence-electron chi connectivity index (χ3n) is 18.3. The fourth-order valence-electron chi connectivity index (χ4n) is 14.0. The molecule has 3 N–H and O–H groups in total. The molecule has 15 heteroatoms. The molecular weight excluding hydrogens is 1040 g/mol. The number of carbonyl (C=O) groups excluding carboxylic acids is 7. The molecule has 3 aromatic rings. The third-order valence-corrected chi connectivity index (χ3v) is 18.3. The molecule has 1 heterocycles. The van der Waals surface area contributed by atoms with E-state index < -0.39 is 124 Å². The van der Waals surface area contributed by atoms with E-state index in [1.807, 2.05) is 19.1 Å². The molecule has 436 valence electrons. The number of carbonyl (C=O) groups is 7. The van der Waals surface area contributed by atoms with Crippen LogP contribution in [0.15, 0.2) is 150 Å². The van der Waals surface area contributed by atoms with Gasteiger partial charge in [0.15, 0.2) is 23.3 Å². The van der Waals surface area contributed by atoms with Gasteiger partial charge in [-0.3, -0.25) is 28.8 Å². The molecule has 82 heavy (non-hydrogen) atoms. The van der Waals surface area contributed by atoms with Gasteiger partial charge in [0.2, 0.25) is 6.10 Å². The molecule has 3 aromatic carbocycles. The molecule has 1 aliphatic heterocycles. The number of aliphatic hydroxyl groups excluding tert-OH is 1. The topological polar surface area (TPSA) is 218 Å². The Kier molecular flexibility index (Phi) is 18.7. The molecule has 3 saturated carbocycles. The molecule has 1 amide bonds. The monoisotopic (exact) mass is 1120 g/mol. The molecular formula is C67H79NO14. The highest BCUT2D eigenvalue weighted by Gasteiger charge is 2.88. The van der Waals surface area contributed by atoms with E-state index in [-0.39, 0.29) is 48.1 Å². The lowest BCUT2D eigenvalue weighted by Gasteiger charge is -2.79. The third kappa shape index (κ3) is 11.4. The van der Waals surface area contributed by atoms with Crippen molar-refractivity contribution in [2.24, 2.45) is 22.7 Å². The van der Waals surface area contributed by atoms with Crippen molar-refractivity contribution in [1.29, 1.82) is 0 Å². The van der Waals surface area contributed by atoms with Gasteiger partial charge >= 0.3 is 23.9 Å². The number of esters is 4. The van der Waals surface area contributed by atoms with E-state index in [0.717, 1.165) is 45.4 Å². The number of aliphatic hydroxyl groups is 2. The number of fused-ring (bicyclic) bond motifs is 3. The van der Waals surface area contributed by atoms with Crippen LogP contribution in [0.4, 0.5) is 0 Å². The Balaban J connectivity index is 1.14. The van der Waals surface area contributed by atoms with Gasteiger partial charge in [-0.1, -0.05) is 126 Å². The summed E-state index contributed by atoms with van der Waals surface area (Å²) in [5, 5.41) is 29.2. The molecule has 5 aliphatic rings. The van der Waals surface area contributed by atoms with E-state index in [9.17, 15) is 34.2 Å². The van der Waals surface area contributed by atoms with Crippen molar-refractivity contribution >= 4 is 41.4 Å². The Labute approximate surface area is 481 Å². The van der Waals surface area contributed by atoms with Crippen LogP contribution in [0, 0.1) is 22.7 Å². The highest BCUT2D eigenvalue weighted by Crippen LogP contribution is 2.79. The largest absolute Gasteiger partial charge is 0.454 e. The summed E-state index contributed by atoms with van der Waals surface area (Å²) in [5.74, 6) is -7.94. The molecule has 0 spiro atoms. The number of benzene rings is 3. The van der Waals surface area contributed by atoms with E-state index >= 15 is 9.59 Å². The highest BCUT2D eigenvalue weighted by molar-refractivity contribution is 5.99. The molecule has 3 unspecified atom stereocenters. The van der Waals surface area contributed by atoms with Crippen LogP contribution in [0.5, 0.6) is 0 Å². The van der Waals surface area contributed by atoms with Gasteiger partial charge in [-0.2, -0.15) is 0 Å². The van der Waals surface area contributed by atoms with Gasteiger partial charge in [-0.05, 0) is 115 Å². The second kappa shape index (κ2) is 25.2. The predicted octanol–water partition coefficient (Wildman–Crippen LogP) is 10.5. The lowest BCUT2D eigenvalue weighted by Crippen LogP contribution is -2.88. The lowest BCUT2D eigenvalue weighted by molar-refractivity contribution is -0.368. The maximum atomic E-state index is 15.8. The summed E-state index contributed by atoms with van der Waals surface area (Å²) < 4.78 is 31.1. The van der Waals surface area contributed by atoms with E-state index in [4.69, 9.17) is 23.7 Å². The Bertz CT molecular complexity index is 3050. The van der Waals surface area contributed by atoms with Gasteiger partial charge in [0.05, 0.1) is 29.1 Å². The molecule has 8 rings (SSSR count). The number of amides is 1. The Morgan fingerprint density at radius 3 is 1.96 bits per heavy atom. The summed E-state index contributed by atoms with van der Waals surface area (Å²) in [5.41, 5.74) is -5.43. The fourth-order valence-corrected chi connectivity index (χ4v) is 14.0. The van der Waals surface area contributed by atoms with Gasteiger partial charge < -0.3 is 39.2 Å². The standard InChI is InChI=1S/C67H79NO14/c1-9-10-17-27-42(2)29-26-30-43(3)28-18-12-11-13-25-37-54(73)80-58(56(48-33-21-15-22-34-48)68-61(75)49-35-23-16-24-36-49)62(76)82-67-40-66(77)50(38-51(71)47-31-19-14-20-32-47)59-63(7,52(72)39-53-65(59,41-78-53)81-46(6)70)60(74)57(79-45(5)69)55(44(67)4)64(66,67)8/h9-11,13-16,19-24,28-29,31-36,50,52-53,56-59,72,77H,12,17-18,25-27,30,37-41H2,1-8H3,(H,68,75)/b10-9+,13-11+,42-29+,43-28+/t50?,52-,53+,56-,57+,58?,59-,63+,64+,65-,66+,67?/m0/s1. The first kappa shape index (κ1) is 61.0. The average Bonchev–Trinajstić information content (AvgIpc) is 0.631. The zero-order valence-electron chi connectivity index (χ0n) is 48.4. The van der Waals surface area contributed by atoms with Gasteiger partial charge in [0.25, 0.3) is 5.91 Å². The number of allylic oxidation sites excluding steroid dienone is 8. The van der Waals surface area contributed by atoms with E-state index in [2.05, 4.69) is 43.5 Å². The molecule has 0 aromatic heterocycles. The predicted molar refractivity (Wildman–Crippen MR) is 306 cm³/mol. The summed E-state index contributed by atoms with van der Waals surface area (Å²) in [7, 11) is 0. The smallest absolute Gasteiger partial charge is 0.350 e. The first-order valence-electron chi connectivity index (χ1n) is 28.7. The van der Waals surface area contributed by atoms with Crippen LogP contribution in [0.25, 0.3) is 0 Å². The lowest BCUT2D eigenvalue weighted by atomic mass is 9.29. The minimum Gasteiger partial charge on any atom is -0.454 e. The van der Waals surface area contributed by atoms with E-state index in [1.54, 1.807) is 105 Å². The van der Waals surface area contributed by atoms with Crippen molar-refractivity contribution in [1.82, 2.24) is 5.32 Å². The normalized spacial score (nSPS) is 29.9. The molecule has 0 radical (unpaired) electrons. The molecule has 15 nitrogen and oxygen atoms in total. The van der Waals surface area contributed by atoms with Crippen LogP contribution in [0.3, 0.4) is 0 Å². The number of rotatable bonds is 24. The minimum atomic E-state index is -2.14. The van der Waals surface area contributed by atoms with Crippen molar-refractivity contribution < 1.29 is 67.5 Å². The van der Waals surface area contributed by atoms with Crippen molar-refractivity contribution in [2.45, 2.75) is 173 Å². The van der Waals surface area contributed by atoms with Crippen LogP contribution in [-0.4, -0.2) is 99.4 Å². The van der Waals surface area contributed by atoms with Gasteiger partial charge in [-0.15, -0.1) is 0 Å². The van der Waals surface area contributed by atoms with Gasteiger partial charge in [-0.25, -0.2) is 4.79 Å². The second-order valence-corrected chi connectivity index (χ2v) is 23.3. The number of ether oxygens (including phenoxy) is 5. The maximum Gasteiger partial charge on any atom is 0.350 e. The number of unbranched alkanes of at least 4 members (excludes halogenated alkanes) is 1. The van der Waals surface area contributed by atoms with Crippen molar-refractivity contribution in [3.05, 3.63) is 166 Å². The highest BCUT2D eigenvalue weighted by atomic mass is 16.6. The van der Waals surface area contributed by atoms with E-state index in [1.165, 1.54) is 25.0 Å². The van der Waals surface area contributed by atoms with Crippen LogP contribution in [0.1, 0.15) is 158 Å². The van der Waals surface area contributed by atoms with Crippen LogP contribution < -0.4 is 5.32 Å². The number of ketones is 2. The Morgan fingerprint density at radius 2 is 1.35 bits per heavy atom. The summed E-state index contributed by atoms with van der Waals surface area (Å²) in [6.07, 6.45) is 11.3. The number of hydrogen-bond donors (Lipinski definition) is 3. The quantitative estimate of drug-likeness (QED) is 0.0250. The fraction of sp³-hybridized carbons (Fsp3) is 0.478. The molecule has 1 saturated heterocycles. The molecule has 4 aliphatic carbocycles. The van der Waals surface area contributed by atoms with Gasteiger partial charge in [0, 0.05) is 62.5 Å². The Hall–Kier alpha value is -7.07. The van der Waals surface area contributed by atoms with Crippen molar-refractivity contribution in [3.8, 4) is 0 Å².